The highest BCUT2D eigenvalue weighted by Crippen LogP contribution is 2.20. The Hall–Kier alpha value is -0.800. The minimum Gasteiger partial charge on any atom is -0.613 e. The maximum absolute atomic E-state index is 11.6. The summed E-state index contributed by atoms with van der Waals surface area (Å²) in [4.78, 5) is 10.3. The van der Waals surface area contributed by atoms with Crippen LogP contribution >= 0.6 is 0 Å². The molecule has 2 aliphatic rings. The van der Waals surface area contributed by atoms with Gasteiger partial charge >= 0.3 is 0 Å². The predicted octanol–water partition coefficient (Wildman–Crippen LogP) is -2.71. The van der Waals surface area contributed by atoms with E-state index in [1.54, 1.807) is 0 Å². The predicted molar refractivity (Wildman–Crippen MR) is 50.8 cm³/mol. The molecule has 5 N–H and O–H groups in total. The van der Waals surface area contributed by atoms with Crippen LogP contribution in [0.15, 0.2) is 0 Å². The molecule has 86 valence electrons. The molecule has 1 heterocycles. The van der Waals surface area contributed by atoms with Crippen molar-refractivity contribution in [1.82, 2.24) is 10.7 Å². The van der Waals surface area contributed by atoms with Gasteiger partial charge in [0.05, 0.1) is 12.5 Å². The molecule has 1 saturated heterocycles. The van der Waals surface area contributed by atoms with Crippen LogP contribution in [0.4, 0.5) is 0 Å². The summed E-state index contributed by atoms with van der Waals surface area (Å²) in [6.07, 6.45) is 0.938. The summed E-state index contributed by atoms with van der Waals surface area (Å²) in [5.74, 6) is 0. The highest BCUT2D eigenvalue weighted by molar-refractivity contribution is 4.87. The van der Waals surface area contributed by atoms with Crippen LogP contribution in [0.1, 0.15) is 19.3 Å². The largest absolute Gasteiger partial charge is 0.613 e. The fourth-order valence-electron chi connectivity index (χ4n) is 2.36. The van der Waals surface area contributed by atoms with Gasteiger partial charge in [-0.1, -0.05) is 0 Å². The second kappa shape index (κ2) is 3.99. The fourth-order valence-corrected chi connectivity index (χ4v) is 2.36. The second-order valence-corrected chi connectivity index (χ2v) is 4.12. The molecule has 1 saturated carbocycles. The second-order valence-electron chi connectivity index (χ2n) is 4.12. The average molecular weight is 217 g/mol. The maximum Gasteiger partial charge on any atom is 0.219 e. The number of nitrogens with zero attached hydrogens (tertiary/aromatic N) is 1. The zero-order valence-corrected chi connectivity index (χ0v) is 8.18. The van der Waals surface area contributed by atoms with Crippen molar-refractivity contribution in [3.63, 3.8) is 0 Å². The first-order valence-corrected chi connectivity index (χ1v) is 5.03. The number of hydroxylamine groups is 1. The van der Waals surface area contributed by atoms with Gasteiger partial charge < -0.3 is 5.21 Å². The quantitative estimate of drug-likeness (QED) is 0.215. The van der Waals surface area contributed by atoms with E-state index >= 15 is 0 Å². The summed E-state index contributed by atoms with van der Waals surface area (Å²) in [6, 6.07) is -0.910. The first-order chi connectivity index (χ1) is 7.08. The Bertz CT molecular complexity index is 263. The molecule has 0 amide bonds. The summed E-state index contributed by atoms with van der Waals surface area (Å²) in [5, 5.41) is 25.0. The van der Waals surface area contributed by atoms with E-state index in [2.05, 4.69) is 10.7 Å². The number of nitro groups is 1. The Labute approximate surface area is 86.5 Å². The van der Waals surface area contributed by atoms with Gasteiger partial charge in [0, 0.05) is 11.3 Å². The van der Waals surface area contributed by atoms with Crippen LogP contribution in [-0.2, 0) is 0 Å². The van der Waals surface area contributed by atoms with Crippen molar-refractivity contribution < 1.29 is 10.1 Å². The Morgan fingerprint density at radius 2 is 2.20 bits per heavy atom. The van der Waals surface area contributed by atoms with Crippen molar-refractivity contribution >= 4 is 0 Å². The minimum absolute atomic E-state index is 0.00931. The first kappa shape index (κ1) is 10.7. The van der Waals surface area contributed by atoms with Crippen LogP contribution in [0.5, 0.6) is 0 Å². The van der Waals surface area contributed by atoms with Gasteiger partial charge in [0.25, 0.3) is 0 Å². The minimum atomic E-state index is -0.590. The normalized spacial score (nSPS) is 45.9. The molecule has 0 aromatic carbocycles. The number of fused-ring (bicyclic) bond motifs is 1. The lowest BCUT2D eigenvalue weighted by atomic mass is 9.86. The molecule has 0 bridgehead atoms. The number of rotatable bonds is 1. The highest BCUT2D eigenvalue weighted by Gasteiger charge is 2.43. The molecule has 0 spiro atoms. The van der Waals surface area contributed by atoms with E-state index in [0.29, 0.717) is 19.3 Å². The topological polar surface area (TPSA) is 121 Å². The Balaban J connectivity index is 2.03. The van der Waals surface area contributed by atoms with Crippen molar-refractivity contribution in [2.45, 2.75) is 43.7 Å². The van der Waals surface area contributed by atoms with Gasteiger partial charge in [-0.2, -0.15) is 0 Å². The Kier molecular flexibility index (Phi) is 2.85. The van der Waals surface area contributed by atoms with E-state index in [-0.39, 0.29) is 22.2 Å². The lowest BCUT2D eigenvalue weighted by Crippen LogP contribution is -3.23. The number of hydrogen-bond donors (Lipinski definition) is 4. The van der Waals surface area contributed by atoms with Crippen LogP contribution in [0, 0.1) is 15.3 Å². The van der Waals surface area contributed by atoms with E-state index in [1.807, 2.05) is 0 Å². The van der Waals surface area contributed by atoms with Gasteiger partial charge in [-0.15, -0.1) is 5.43 Å². The zero-order chi connectivity index (χ0) is 11.0. The van der Waals surface area contributed by atoms with Gasteiger partial charge in [-0.3, -0.25) is 26.3 Å². The van der Waals surface area contributed by atoms with Crippen molar-refractivity contribution in [1.29, 1.82) is 0 Å². The third kappa shape index (κ3) is 2.08. The SMILES string of the molecule is NC1NC2CCC([N+](=O)[O-])CC2[NH+]([O-])N1. The van der Waals surface area contributed by atoms with E-state index in [0.717, 1.165) is 0 Å². The van der Waals surface area contributed by atoms with Crippen LogP contribution < -0.4 is 21.6 Å². The van der Waals surface area contributed by atoms with Gasteiger partial charge in [0.2, 0.25) is 6.04 Å². The number of hydrogen-bond acceptors (Lipinski definition) is 6. The average Bonchev–Trinajstić information content (AvgIpc) is 2.16. The number of nitrogens with one attached hydrogen (secondary N) is 3. The first-order valence-electron chi connectivity index (χ1n) is 5.03. The maximum atomic E-state index is 11.6. The van der Waals surface area contributed by atoms with Crippen molar-refractivity contribution in [2.75, 3.05) is 0 Å². The van der Waals surface area contributed by atoms with Crippen molar-refractivity contribution in [2.24, 2.45) is 5.73 Å². The monoisotopic (exact) mass is 217 g/mol. The van der Waals surface area contributed by atoms with E-state index in [9.17, 15) is 15.3 Å². The number of nitrogens with two attached hydrogens (primary N) is 1. The molecular formula is C7H15N5O3. The van der Waals surface area contributed by atoms with Gasteiger partial charge in [-0.05, 0) is 6.42 Å². The van der Waals surface area contributed by atoms with Gasteiger partial charge in [0.15, 0.2) is 6.29 Å². The Morgan fingerprint density at radius 1 is 1.47 bits per heavy atom. The molecule has 2 rings (SSSR count). The molecule has 15 heavy (non-hydrogen) atoms. The number of quaternary nitrogens is 1. The standard InChI is InChI=1S/C7H15N5O3/c8-7-9-5-2-1-4(12(14)15)3-6(5)11(13)10-7/h4-7,9-11H,1-3,8H2. The smallest absolute Gasteiger partial charge is 0.219 e. The van der Waals surface area contributed by atoms with E-state index in [4.69, 9.17) is 5.73 Å². The molecule has 0 radical (unpaired) electrons. The zero-order valence-electron chi connectivity index (χ0n) is 8.18. The van der Waals surface area contributed by atoms with Crippen LogP contribution in [0.2, 0.25) is 0 Å². The summed E-state index contributed by atoms with van der Waals surface area (Å²) in [5.41, 5.74) is 8.09. The van der Waals surface area contributed by atoms with Gasteiger partial charge in [0.1, 0.15) is 6.04 Å². The lowest BCUT2D eigenvalue weighted by molar-refractivity contribution is -0.936. The molecule has 8 heteroatoms. The van der Waals surface area contributed by atoms with Crippen molar-refractivity contribution in [3.05, 3.63) is 15.3 Å². The molecule has 0 aromatic rings. The molecule has 5 unspecified atom stereocenters. The molecule has 0 aromatic heterocycles. The summed E-state index contributed by atoms with van der Waals surface area (Å²) in [7, 11) is 0. The highest BCUT2D eigenvalue weighted by atomic mass is 16.6. The molecule has 8 nitrogen and oxygen atoms in total. The summed E-state index contributed by atoms with van der Waals surface area (Å²) < 4.78 is 0. The molecule has 2 fully saturated rings. The van der Waals surface area contributed by atoms with Gasteiger partial charge in [-0.25, -0.2) is 0 Å². The summed E-state index contributed by atoms with van der Waals surface area (Å²) in [6.45, 7) is 0. The molecular weight excluding hydrogens is 202 g/mol. The van der Waals surface area contributed by atoms with E-state index < -0.39 is 12.3 Å². The lowest BCUT2D eigenvalue weighted by Gasteiger charge is -2.45. The van der Waals surface area contributed by atoms with E-state index in [1.165, 1.54) is 0 Å². The third-order valence-corrected chi connectivity index (χ3v) is 3.15. The fraction of sp³-hybridized carbons (Fsp3) is 1.00. The Morgan fingerprint density at radius 3 is 2.87 bits per heavy atom. The third-order valence-electron chi connectivity index (χ3n) is 3.15. The summed E-state index contributed by atoms with van der Waals surface area (Å²) >= 11 is 0. The van der Waals surface area contributed by atoms with Crippen LogP contribution in [0.25, 0.3) is 0 Å². The molecule has 1 aliphatic heterocycles. The van der Waals surface area contributed by atoms with Crippen molar-refractivity contribution in [3.8, 4) is 0 Å². The van der Waals surface area contributed by atoms with Crippen LogP contribution in [0.3, 0.4) is 0 Å². The van der Waals surface area contributed by atoms with Crippen LogP contribution in [-0.4, -0.2) is 29.3 Å². The molecule has 1 aliphatic carbocycles. The molecule has 5 atom stereocenters.